The molecule has 1 aliphatic heterocycles. The zero-order chi connectivity index (χ0) is 18.4. The first kappa shape index (κ1) is 19.6. The third-order valence-corrected chi connectivity index (χ3v) is 6.32. The van der Waals surface area contributed by atoms with Crippen molar-refractivity contribution in [3.63, 3.8) is 0 Å². The van der Waals surface area contributed by atoms with Gasteiger partial charge >= 0.3 is 0 Å². The quantitative estimate of drug-likeness (QED) is 0.710. The minimum atomic E-state index is -3.50. The van der Waals surface area contributed by atoms with E-state index >= 15 is 0 Å². The van der Waals surface area contributed by atoms with E-state index in [1.807, 2.05) is 24.3 Å². The summed E-state index contributed by atoms with van der Waals surface area (Å²) in [6.45, 7) is 3.23. The molecule has 0 radical (unpaired) electrons. The van der Waals surface area contributed by atoms with E-state index in [0.717, 1.165) is 50.1 Å². The molecule has 1 unspecified atom stereocenters. The summed E-state index contributed by atoms with van der Waals surface area (Å²) in [5, 5.41) is 0. The van der Waals surface area contributed by atoms with Crippen LogP contribution in [-0.4, -0.2) is 59.3 Å². The molecular weight excluding hydrogens is 354 g/mol. The monoisotopic (exact) mass is 383 g/mol. The molecule has 8 heteroatoms. The summed E-state index contributed by atoms with van der Waals surface area (Å²) in [7, 11) is -1.87. The number of nitrogens with one attached hydrogen (secondary N) is 2. The normalized spacial score (nSPS) is 21.0. The molecule has 1 aliphatic carbocycles. The maximum absolute atomic E-state index is 12.4. The maximum atomic E-state index is 12.4. The van der Waals surface area contributed by atoms with Crippen molar-refractivity contribution >= 4 is 10.2 Å². The Hall–Kier alpha value is -1.19. The van der Waals surface area contributed by atoms with Crippen molar-refractivity contribution in [1.29, 1.82) is 0 Å². The van der Waals surface area contributed by atoms with Crippen molar-refractivity contribution in [2.75, 3.05) is 40.0 Å². The van der Waals surface area contributed by atoms with Crippen LogP contribution in [-0.2, 0) is 14.9 Å². The van der Waals surface area contributed by atoms with Crippen LogP contribution in [0.25, 0.3) is 0 Å². The third kappa shape index (κ3) is 5.40. The lowest BCUT2D eigenvalue weighted by Crippen LogP contribution is -2.47. The van der Waals surface area contributed by atoms with Crippen molar-refractivity contribution in [1.82, 2.24) is 14.3 Å². The molecule has 1 aromatic carbocycles. The van der Waals surface area contributed by atoms with E-state index in [2.05, 4.69) is 14.3 Å². The van der Waals surface area contributed by atoms with Crippen LogP contribution in [0.15, 0.2) is 24.3 Å². The molecule has 2 N–H and O–H groups in total. The highest BCUT2D eigenvalue weighted by Crippen LogP contribution is 2.24. The molecule has 2 fully saturated rings. The zero-order valence-electron chi connectivity index (χ0n) is 15.3. The third-order valence-electron chi connectivity index (χ3n) is 5.13. The first-order valence-corrected chi connectivity index (χ1v) is 10.8. The molecule has 7 nitrogen and oxygen atoms in total. The first-order valence-electron chi connectivity index (χ1n) is 9.30. The summed E-state index contributed by atoms with van der Waals surface area (Å²) in [4.78, 5) is 2.27. The molecule has 0 amide bonds. The van der Waals surface area contributed by atoms with Gasteiger partial charge in [-0.15, -0.1) is 0 Å². The molecule has 1 saturated carbocycles. The summed E-state index contributed by atoms with van der Waals surface area (Å²) in [6, 6.07) is 7.84. The second-order valence-corrected chi connectivity index (χ2v) is 8.42. The lowest BCUT2D eigenvalue weighted by Gasteiger charge is -2.35. The number of rotatable bonds is 8. The predicted molar refractivity (Wildman–Crippen MR) is 100 cm³/mol. The molecule has 1 heterocycles. The van der Waals surface area contributed by atoms with Gasteiger partial charge in [0.25, 0.3) is 10.2 Å². The van der Waals surface area contributed by atoms with Crippen LogP contribution in [0.2, 0.25) is 0 Å². The van der Waals surface area contributed by atoms with Crippen molar-refractivity contribution in [2.24, 2.45) is 0 Å². The summed E-state index contributed by atoms with van der Waals surface area (Å²) in [5.41, 5.74) is 1.07. The van der Waals surface area contributed by atoms with Crippen LogP contribution in [0.1, 0.15) is 37.3 Å². The highest BCUT2D eigenvalue weighted by molar-refractivity contribution is 7.87. The fourth-order valence-corrected chi connectivity index (χ4v) is 4.80. The number of hydrogen-bond acceptors (Lipinski definition) is 5. The molecule has 1 atom stereocenters. The van der Waals surface area contributed by atoms with Gasteiger partial charge in [-0.1, -0.05) is 25.0 Å². The molecule has 1 saturated heterocycles. The minimum absolute atomic E-state index is 0.0371. The fraction of sp³-hybridized carbons (Fsp3) is 0.667. The van der Waals surface area contributed by atoms with E-state index in [-0.39, 0.29) is 12.1 Å². The maximum Gasteiger partial charge on any atom is 0.277 e. The van der Waals surface area contributed by atoms with Crippen LogP contribution >= 0.6 is 0 Å². The summed E-state index contributed by atoms with van der Waals surface area (Å²) in [5.74, 6) is 0.790. The van der Waals surface area contributed by atoms with E-state index in [0.29, 0.717) is 19.8 Å². The van der Waals surface area contributed by atoms with Gasteiger partial charge in [0.1, 0.15) is 5.75 Å². The Morgan fingerprint density at radius 2 is 1.85 bits per heavy atom. The minimum Gasteiger partial charge on any atom is -0.497 e. The van der Waals surface area contributed by atoms with Gasteiger partial charge in [0.15, 0.2) is 0 Å². The van der Waals surface area contributed by atoms with Crippen molar-refractivity contribution in [2.45, 2.75) is 37.8 Å². The van der Waals surface area contributed by atoms with Crippen LogP contribution < -0.4 is 14.2 Å². The van der Waals surface area contributed by atoms with E-state index in [1.54, 1.807) is 7.11 Å². The number of benzene rings is 1. The highest BCUT2D eigenvalue weighted by Gasteiger charge is 2.26. The van der Waals surface area contributed by atoms with Gasteiger partial charge in [0, 0.05) is 31.7 Å². The Kier molecular flexibility index (Phi) is 6.88. The van der Waals surface area contributed by atoms with Crippen LogP contribution in [0.3, 0.4) is 0 Å². The molecule has 0 spiro atoms. The molecule has 0 bridgehead atoms. The van der Waals surface area contributed by atoms with Gasteiger partial charge in [-0.2, -0.15) is 13.1 Å². The standard InChI is InChI=1S/C18H29N3O4S/c1-24-17-8-6-15(7-9-17)18(21-10-12-25-13-11-21)14-19-26(22,23)20-16-4-2-3-5-16/h6-9,16,18-20H,2-5,10-14H2,1H3. The molecule has 146 valence electrons. The molecular formula is C18H29N3O4S. The number of hydrogen-bond donors (Lipinski definition) is 2. The Labute approximate surface area is 156 Å². The van der Waals surface area contributed by atoms with Gasteiger partial charge < -0.3 is 9.47 Å². The largest absolute Gasteiger partial charge is 0.497 e. The smallest absolute Gasteiger partial charge is 0.277 e. The van der Waals surface area contributed by atoms with Crippen LogP contribution in [0.4, 0.5) is 0 Å². The van der Waals surface area contributed by atoms with Crippen molar-refractivity contribution in [3.05, 3.63) is 29.8 Å². The average molecular weight is 384 g/mol. The SMILES string of the molecule is COc1ccc(C(CNS(=O)(=O)NC2CCCC2)N2CCOCC2)cc1. The van der Waals surface area contributed by atoms with E-state index < -0.39 is 10.2 Å². The second kappa shape index (κ2) is 9.14. The molecule has 2 aliphatic rings. The average Bonchev–Trinajstić information content (AvgIpc) is 3.15. The van der Waals surface area contributed by atoms with Gasteiger partial charge in [0.05, 0.1) is 20.3 Å². The van der Waals surface area contributed by atoms with Crippen LogP contribution in [0, 0.1) is 0 Å². The fourth-order valence-electron chi connectivity index (χ4n) is 3.67. The second-order valence-electron chi connectivity index (χ2n) is 6.89. The van der Waals surface area contributed by atoms with Gasteiger partial charge in [0.2, 0.25) is 0 Å². The van der Waals surface area contributed by atoms with E-state index in [9.17, 15) is 8.42 Å². The highest BCUT2D eigenvalue weighted by atomic mass is 32.2. The number of methoxy groups -OCH3 is 1. The van der Waals surface area contributed by atoms with Crippen molar-refractivity contribution in [3.8, 4) is 5.75 Å². The predicted octanol–water partition coefficient (Wildman–Crippen LogP) is 1.44. The summed E-state index contributed by atoms with van der Waals surface area (Å²) in [6.07, 6.45) is 4.03. The Morgan fingerprint density at radius 3 is 2.46 bits per heavy atom. The Balaban J connectivity index is 1.68. The van der Waals surface area contributed by atoms with Crippen LogP contribution in [0.5, 0.6) is 5.75 Å². The van der Waals surface area contributed by atoms with Gasteiger partial charge in [-0.3, -0.25) is 4.90 Å². The number of ether oxygens (including phenoxy) is 2. The zero-order valence-corrected chi connectivity index (χ0v) is 16.1. The van der Waals surface area contributed by atoms with Gasteiger partial charge in [-0.05, 0) is 30.5 Å². The Morgan fingerprint density at radius 1 is 1.19 bits per heavy atom. The lowest BCUT2D eigenvalue weighted by molar-refractivity contribution is 0.0171. The molecule has 26 heavy (non-hydrogen) atoms. The molecule has 1 aromatic rings. The van der Waals surface area contributed by atoms with Gasteiger partial charge in [-0.25, -0.2) is 4.72 Å². The van der Waals surface area contributed by atoms with E-state index in [4.69, 9.17) is 9.47 Å². The first-order chi connectivity index (χ1) is 12.6. The summed E-state index contributed by atoms with van der Waals surface area (Å²) < 4.78 is 41.1. The number of nitrogens with zero attached hydrogens (tertiary/aromatic N) is 1. The van der Waals surface area contributed by atoms with Crippen molar-refractivity contribution < 1.29 is 17.9 Å². The van der Waals surface area contributed by atoms with E-state index in [1.165, 1.54) is 0 Å². The molecule has 3 rings (SSSR count). The summed E-state index contributed by atoms with van der Waals surface area (Å²) >= 11 is 0. The number of morpholine rings is 1. The molecule has 0 aromatic heterocycles. The lowest BCUT2D eigenvalue weighted by atomic mass is 10.0. The Bertz CT molecular complexity index is 654. The topological polar surface area (TPSA) is 79.9 Å².